The standard InChI is InChI=1S/C10H20N2O/c1-7(2)8-3-4-12-10-9(8)11-5-6-13-10/h7-12H,3-6H2,1-2H3. The number of rotatable bonds is 1. The van der Waals surface area contributed by atoms with Crippen molar-refractivity contribution in [2.45, 2.75) is 32.5 Å². The number of nitrogens with one attached hydrogen (secondary N) is 2. The number of ether oxygens (including phenoxy) is 1. The second kappa shape index (κ2) is 3.95. The van der Waals surface area contributed by atoms with E-state index < -0.39 is 0 Å². The van der Waals surface area contributed by atoms with Gasteiger partial charge in [-0.3, -0.25) is 5.32 Å². The van der Waals surface area contributed by atoms with Crippen molar-refractivity contribution in [3.8, 4) is 0 Å². The van der Waals surface area contributed by atoms with Crippen LogP contribution in [0.1, 0.15) is 20.3 Å². The molecule has 0 amide bonds. The van der Waals surface area contributed by atoms with E-state index >= 15 is 0 Å². The molecule has 2 saturated heterocycles. The highest BCUT2D eigenvalue weighted by atomic mass is 16.5. The van der Waals surface area contributed by atoms with Crippen LogP contribution in [0.25, 0.3) is 0 Å². The van der Waals surface area contributed by atoms with Crippen molar-refractivity contribution in [2.75, 3.05) is 19.7 Å². The predicted molar refractivity (Wildman–Crippen MR) is 52.5 cm³/mol. The van der Waals surface area contributed by atoms with Crippen molar-refractivity contribution in [2.24, 2.45) is 11.8 Å². The lowest BCUT2D eigenvalue weighted by Gasteiger charge is -2.43. The molecular formula is C10H20N2O. The molecule has 2 heterocycles. The Hall–Kier alpha value is -0.120. The van der Waals surface area contributed by atoms with Crippen LogP contribution in [0.3, 0.4) is 0 Å². The molecule has 2 fully saturated rings. The van der Waals surface area contributed by atoms with Crippen LogP contribution in [0.15, 0.2) is 0 Å². The second-order valence-corrected chi connectivity index (χ2v) is 4.42. The fourth-order valence-electron chi connectivity index (χ4n) is 2.50. The average molecular weight is 184 g/mol. The lowest BCUT2D eigenvalue weighted by Crippen LogP contribution is -2.62. The van der Waals surface area contributed by atoms with Crippen LogP contribution < -0.4 is 10.6 Å². The van der Waals surface area contributed by atoms with E-state index in [1.165, 1.54) is 6.42 Å². The molecule has 0 radical (unpaired) electrons. The number of morpholine rings is 1. The van der Waals surface area contributed by atoms with Crippen molar-refractivity contribution >= 4 is 0 Å². The first-order valence-corrected chi connectivity index (χ1v) is 5.37. The van der Waals surface area contributed by atoms with Crippen LogP contribution in [0.4, 0.5) is 0 Å². The molecule has 3 unspecified atom stereocenters. The molecule has 0 aromatic carbocycles. The largest absolute Gasteiger partial charge is 0.360 e. The summed E-state index contributed by atoms with van der Waals surface area (Å²) in [6.45, 7) is 7.57. The van der Waals surface area contributed by atoms with Crippen molar-refractivity contribution in [3.63, 3.8) is 0 Å². The Morgan fingerprint density at radius 3 is 2.85 bits per heavy atom. The first kappa shape index (κ1) is 9.44. The monoisotopic (exact) mass is 184 g/mol. The molecule has 3 nitrogen and oxygen atoms in total. The van der Waals surface area contributed by atoms with Crippen molar-refractivity contribution < 1.29 is 4.74 Å². The van der Waals surface area contributed by atoms with Gasteiger partial charge in [0.1, 0.15) is 6.23 Å². The molecule has 2 rings (SSSR count). The Labute approximate surface area is 80.2 Å². The average Bonchev–Trinajstić information content (AvgIpc) is 2.17. The van der Waals surface area contributed by atoms with Gasteiger partial charge in [-0.25, -0.2) is 0 Å². The molecule has 0 aliphatic carbocycles. The zero-order valence-electron chi connectivity index (χ0n) is 8.55. The molecule has 0 saturated carbocycles. The maximum absolute atomic E-state index is 5.69. The number of hydrogen-bond donors (Lipinski definition) is 2. The van der Waals surface area contributed by atoms with E-state index in [-0.39, 0.29) is 6.23 Å². The summed E-state index contributed by atoms with van der Waals surface area (Å²) < 4.78 is 5.69. The van der Waals surface area contributed by atoms with Crippen LogP contribution in [0.5, 0.6) is 0 Å². The normalized spacial score (nSPS) is 40.4. The van der Waals surface area contributed by atoms with Gasteiger partial charge >= 0.3 is 0 Å². The highest BCUT2D eigenvalue weighted by molar-refractivity contribution is 4.90. The third-order valence-electron chi connectivity index (χ3n) is 3.25. The lowest BCUT2D eigenvalue weighted by molar-refractivity contribution is -0.0639. The fourth-order valence-corrected chi connectivity index (χ4v) is 2.50. The Bertz CT molecular complexity index is 170. The van der Waals surface area contributed by atoms with E-state index in [2.05, 4.69) is 24.5 Å². The summed E-state index contributed by atoms with van der Waals surface area (Å²) >= 11 is 0. The molecule has 13 heavy (non-hydrogen) atoms. The molecule has 0 bridgehead atoms. The van der Waals surface area contributed by atoms with E-state index in [9.17, 15) is 0 Å². The van der Waals surface area contributed by atoms with Crippen LogP contribution >= 0.6 is 0 Å². The summed E-state index contributed by atoms with van der Waals surface area (Å²) in [6, 6.07) is 0.530. The Kier molecular flexibility index (Phi) is 2.86. The molecule has 0 aromatic heterocycles. The molecule has 76 valence electrons. The van der Waals surface area contributed by atoms with Crippen LogP contribution in [0, 0.1) is 11.8 Å². The summed E-state index contributed by atoms with van der Waals surface area (Å²) in [5.74, 6) is 1.52. The van der Waals surface area contributed by atoms with E-state index in [4.69, 9.17) is 4.74 Å². The number of piperidine rings is 1. The van der Waals surface area contributed by atoms with Gasteiger partial charge < -0.3 is 10.1 Å². The smallest absolute Gasteiger partial charge is 0.123 e. The minimum absolute atomic E-state index is 0.259. The molecule has 3 heteroatoms. The molecular weight excluding hydrogens is 164 g/mol. The molecule has 0 aromatic rings. The topological polar surface area (TPSA) is 33.3 Å². The maximum Gasteiger partial charge on any atom is 0.123 e. The number of hydrogen-bond acceptors (Lipinski definition) is 3. The number of fused-ring (bicyclic) bond motifs is 1. The summed E-state index contributed by atoms with van der Waals surface area (Å²) in [5, 5.41) is 6.99. The molecule has 3 atom stereocenters. The fraction of sp³-hybridized carbons (Fsp3) is 1.00. The summed E-state index contributed by atoms with van der Waals surface area (Å²) in [6.07, 6.45) is 1.53. The lowest BCUT2D eigenvalue weighted by atomic mass is 9.82. The minimum atomic E-state index is 0.259. The van der Waals surface area contributed by atoms with Gasteiger partial charge in [0.15, 0.2) is 0 Å². The molecule has 0 spiro atoms. The Morgan fingerprint density at radius 2 is 2.08 bits per heavy atom. The molecule has 2 N–H and O–H groups in total. The summed E-state index contributed by atoms with van der Waals surface area (Å²) in [5.41, 5.74) is 0. The van der Waals surface area contributed by atoms with Gasteiger partial charge in [-0.15, -0.1) is 0 Å². The molecule has 2 aliphatic heterocycles. The Morgan fingerprint density at radius 1 is 1.23 bits per heavy atom. The van der Waals surface area contributed by atoms with Gasteiger partial charge in [0, 0.05) is 12.6 Å². The van der Waals surface area contributed by atoms with Crippen molar-refractivity contribution in [1.82, 2.24) is 10.6 Å². The van der Waals surface area contributed by atoms with Crippen molar-refractivity contribution in [1.29, 1.82) is 0 Å². The van der Waals surface area contributed by atoms with Gasteiger partial charge in [0.05, 0.1) is 6.61 Å². The summed E-state index contributed by atoms with van der Waals surface area (Å²) in [7, 11) is 0. The van der Waals surface area contributed by atoms with Crippen LogP contribution in [-0.2, 0) is 4.74 Å². The van der Waals surface area contributed by atoms with E-state index in [1.54, 1.807) is 0 Å². The SMILES string of the molecule is CC(C)C1CCNC2OCCNC21. The van der Waals surface area contributed by atoms with Crippen LogP contribution in [0.2, 0.25) is 0 Å². The first-order chi connectivity index (χ1) is 6.29. The zero-order valence-corrected chi connectivity index (χ0v) is 8.55. The molecule has 2 aliphatic rings. The minimum Gasteiger partial charge on any atom is -0.360 e. The highest BCUT2D eigenvalue weighted by Gasteiger charge is 2.36. The van der Waals surface area contributed by atoms with Gasteiger partial charge in [0.25, 0.3) is 0 Å². The highest BCUT2D eigenvalue weighted by Crippen LogP contribution is 2.26. The van der Waals surface area contributed by atoms with E-state index in [0.717, 1.165) is 31.5 Å². The second-order valence-electron chi connectivity index (χ2n) is 4.42. The summed E-state index contributed by atoms with van der Waals surface area (Å²) in [4.78, 5) is 0. The van der Waals surface area contributed by atoms with E-state index in [1.807, 2.05) is 0 Å². The third kappa shape index (κ3) is 1.87. The van der Waals surface area contributed by atoms with Gasteiger partial charge in [-0.2, -0.15) is 0 Å². The quantitative estimate of drug-likeness (QED) is 0.625. The van der Waals surface area contributed by atoms with Gasteiger partial charge in [-0.05, 0) is 24.8 Å². The van der Waals surface area contributed by atoms with E-state index in [0.29, 0.717) is 6.04 Å². The Balaban J connectivity index is 2.02. The zero-order chi connectivity index (χ0) is 9.26. The first-order valence-electron chi connectivity index (χ1n) is 5.37. The third-order valence-corrected chi connectivity index (χ3v) is 3.25. The maximum atomic E-state index is 5.69. The van der Waals surface area contributed by atoms with Crippen molar-refractivity contribution in [3.05, 3.63) is 0 Å². The predicted octanol–water partition coefficient (Wildman–Crippen LogP) is 0.566. The van der Waals surface area contributed by atoms with Crippen LogP contribution in [-0.4, -0.2) is 32.0 Å². The van der Waals surface area contributed by atoms with Gasteiger partial charge in [0.2, 0.25) is 0 Å². The van der Waals surface area contributed by atoms with Gasteiger partial charge in [-0.1, -0.05) is 13.8 Å².